The molecule has 1 atom stereocenters. The van der Waals surface area contributed by atoms with Gasteiger partial charge in [0.1, 0.15) is 11.5 Å². The summed E-state index contributed by atoms with van der Waals surface area (Å²) in [4.78, 5) is 0. The third-order valence-electron chi connectivity index (χ3n) is 3.03. The summed E-state index contributed by atoms with van der Waals surface area (Å²) in [5.41, 5.74) is 4.18. The van der Waals surface area contributed by atoms with Gasteiger partial charge in [0.15, 0.2) is 11.2 Å². The molecule has 1 aliphatic rings. The molecule has 4 rings (SSSR count). The average molecular weight is 286 g/mol. The van der Waals surface area contributed by atoms with Crippen molar-refractivity contribution in [2.24, 2.45) is 0 Å². The SMILES string of the molecule is Oc1ccc(-c2nnc3n2N[C@@H](c2ccco2)S3)cc1. The maximum Gasteiger partial charge on any atom is 0.212 e. The molecule has 1 aliphatic heterocycles. The lowest BCUT2D eigenvalue weighted by atomic mass is 10.2. The minimum Gasteiger partial charge on any atom is -0.508 e. The fraction of sp³-hybridized carbons (Fsp3) is 0.0769. The van der Waals surface area contributed by atoms with Gasteiger partial charge in [-0.05, 0) is 48.2 Å². The molecule has 0 aliphatic carbocycles. The number of phenols is 1. The van der Waals surface area contributed by atoms with E-state index in [-0.39, 0.29) is 11.1 Å². The van der Waals surface area contributed by atoms with E-state index in [1.54, 1.807) is 42.3 Å². The number of benzene rings is 1. The number of furan rings is 1. The zero-order valence-corrected chi connectivity index (χ0v) is 11.0. The van der Waals surface area contributed by atoms with Crippen molar-refractivity contribution in [3.63, 3.8) is 0 Å². The van der Waals surface area contributed by atoms with E-state index in [1.165, 1.54) is 0 Å². The van der Waals surface area contributed by atoms with Crippen LogP contribution in [0.3, 0.4) is 0 Å². The summed E-state index contributed by atoms with van der Waals surface area (Å²) in [7, 11) is 0. The van der Waals surface area contributed by atoms with Crippen LogP contribution in [0.25, 0.3) is 11.4 Å². The second kappa shape index (κ2) is 4.31. The fourth-order valence-electron chi connectivity index (χ4n) is 2.07. The van der Waals surface area contributed by atoms with Gasteiger partial charge >= 0.3 is 0 Å². The molecule has 0 bridgehead atoms. The highest BCUT2D eigenvalue weighted by molar-refractivity contribution is 7.99. The standard InChI is InChI=1S/C13H10N4O2S/c18-9-5-3-8(4-6-9)11-14-15-13-17(11)16-12(20-13)10-2-1-7-19-10/h1-7,12,16,18H/t12-/m1/s1. The van der Waals surface area contributed by atoms with Gasteiger partial charge in [-0.15, -0.1) is 10.2 Å². The highest BCUT2D eigenvalue weighted by Gasteiger charge is 2.29. The lowest BCUT2D eigenvalue weighted by Gasteiger charge is -2.09. The number of thioether (sulfide) groups is 1. The van der Waals surface area contributed by atoms with Crippen LogP contribution >= 0.6 is 11.8 Å². The topological polar surface area (TPSA) is 76.1 Å². The van der Waals surface area contributed by atoms with Crippen LogP contribution in [0.2, 0.25) is 0 Å². The summed E-state index contributed by atoms with van der Waals surface area (Å²) in [5, 5.41) is 18.5. The van der Waals surface area contributed by atoms with Gasteiger partial charge in [-0.3, -0.25) is 0 Å². The average Bonchev–Trinajstić information content (AvgIpc) is 3.15. The summed E-state index contributed by atoms with van der Waals surface area (Å²) in [6.45, 7) is 0. The van der Waals surface area contributed by atoms with E-state index >= 15 is 0 Å². The number of aromatic hydroxyl groups is 1. The van der Waals surface area contributed by atoms with E-state index in [9.17, 15) is 5.11 Å². The Balaban J connectivity index is 1.69. The van der Waals surface area contributed by atoms with Crippen LogP contribution in [0.15, 0.2) is 52.2 Å². The van der Waals surface area contributed by atoms with Crippen LogP contribution < -0.4 is 5.43 Å². The summed E-state index contributed by atoms with van der Waals surface area (Å²) >= 11 is 1.55. The van der Waals surface area contributed by atoms with Crippen LogP contribution in [0.1, 0.15) is 11.1 Å². The van der Waals surface area contributed by atoms with Gasteiger partial charge in [-0.25, -0.2) is 4.68 Å². The first kappa shape index (κ1) is 11.4. The molecule has 0 saturated heterocycles. The van der Waals surface area contributed by atoms with Crippen molar-refractivity contribution in [1.29, 1.82) is 0 Å². The maximum atomic E-state index is 9.34. The molecule has 3 heterocycles. The van der Waals surface area contributed by atoms with Crippen LogP contribution in [-0.2, 0) is 0 Å². The largest absolute Gasteiger partial charge is 0.508 e. The highest BCUT2D eigenvalue weighted by atomic mass is 32.2. The van der Waals surface area contributed by atoms with Gasteiger partial charge in [0.25, 0.3) is 0 Å². The Bertz CT molecular complexity index is 736. The van der Waals surface area contributed by atoms with Crippen molar-refractivity contribution in [3.05, 3.63) is 48.4 Å². The monoisotopic (exact) mass is 286 g/mol. The van der Waals surface area contributed by atoms with E-state index in [1.807, 2.05) is 16.8 Å². The second-order valence-corrected chi connectivity index (χ2v) is 5.40. The molecule has 100 valence electrons. The summed E-state index contributed by atoms with van der Waals surface area (Å²) < 4.78 is 7.24. The molecule has 0 amide bonds. The molecule has 0 unspecified atom stereocenters. The first-order chi connectivity index (χ1) is 9.81. The van der Waals surface area contributed by atoms with E-state index < -0.39 is 0 Å². The number of aromatic nitrogens is 3. The van der Waals surface area contributed by atoms with Gasteiger partial charge < -0.3 is 14.9 Å². The molecular formula is C13H10N4O2S. The smallest absolute Gasteiger partial charge is 0.212 e. The minimum absolute atomic E-state index is 0.00800. The third kappa shape index (κ3) is 1.75. The lowest BCUT2D eigenvalue weighted by Crippen LogP contribution is -2.13. The number of hydrogen-bond acceptors (Lipinski definition) is 6. The van der Waals surface area contributed by atoms with Crippen molar-refractivity contribution in [3.8, 4) is 17.1 Å². The molecule has 6 nitrogen and oxygen atoms in total. The van der Waals surface area contributed by atoms with Crippen molar-refractivity contribution >= 4 is 11.8 Å². The molecule has 2 aromatic heterocycles. The molecule has 0 spiro atoms. The Labute approximate surface area is 118 Å². The second-order valence-electron chi connectivity index (χ2n) is 4.33. The number of fused-ring (bicyclic) bond motifs is 1. The van der Waals surface area contributed by atoms with Gasteiger partial charge in [-0.1, -0.05) is 0 Å². The molecule has 1 aromatic carbocycles. The maximum absolute atomic E-state index is 9.34. The van der Waals surface area contributed by atoms with Crippen molar-refractivity contribution < 1.29 is 9.52 Å². The Hall–Kier alpha value is -2.41. The zero-order valence-electron chi connectivity index (χ0n) is 10.2. The zero-order chi connectivity index (χ0) is 13.5. The van der Waals surface area contributed by atoms with E-state index in [0.29, 0.717) is 5.82 Å². The van der Waals surface area contributed by atoms with Gasteiger partial charge in [0, 0.05) is 5.56 Å². The summed E-state index contributed by atoms with van der Waals surface area (Å²) in [6, 6.07) is 10.6. The van der Waals surface area contributed by atoms with Crippen molar-refractivity contribution in [1.82, 2.24) is 14.9 Å². The molecule has 2 N–H and O–H groups in total. The molecule has 0 fully saturated rings. The summed E-state index contributed by atoms with van der Waals surface area (Å²) in [5.74, 6) is 1.78. The Morgan fingerprint density at radius 1 is 1.20 bits per heavy atom. The fourth-order valence-corrected chi connectivity index (χ4v) is 3.02. The number of hydrogen-bond donors (Lipinski definition) is 2. The lowest BCUT2D eigenvalue weighted by molar-refractivity contribution is 0.475. The Kier molecular flexibility index (Phi) is 2.46. The van der Waals surface area contributed by atoms with Gasteiger partial charge in [0.05, 0.1) is 6.26 Å². The molecule has 20 heavy (non-hydrogen) atoms. The summed E-state index contributed by atoms with van der Waals surface area (Å²) in [6.07, 6.45) is 1.65. The van der Waals surface area contributed by atoms with Crippen LogP contribution in [-0.4, -0.2) is 20.0 Å². The first-order valence-corrected chi connectivity index (χ1v) is 6.91. The van der Waals surface area contributed by atoms with Crippen LogP contribution in [0, 0.1) is 0 Å². The quantitative estimate of drug-likeness (QED) is 0.754. The number of phenolic OH excluding ortho intramolecular Hbond substituents is 1. The predicted molar refractivity (Wildman–Crippen MR) is 73.8 cm³/mol. The molecule has 3 aromatic rings. The Morgan fingerprint density at radius 3 is 2.80 bits per heavy atom. The van der Waals surface area contributed by atoms with Crippen molar-refractivity contribution in [2.45, 2.75) is 10.5 Å². The van der Waals surface area contributed by atoms with Crippen molar-refractivity contribution in [2.75, 3.05) is 5.43 Å². The predicted octanol–water partition coefficient (Wildman–Crippen LogP) is 2.59. The van der Waals surface area contributed by atoms with Crippen LogP contribution in [0.4, 0.5) is 0 Å². The highest BCUT2D eigenvalue weighted by Crippen LogP contribution is 2.40. The molecule has 0 saturated carbocycles. The van der Waals surface area contributed by atoms with E-state index in [2.05, 4.69) is 15.6 Å². The number of nitrogens with zero attached hydrogens (tertiary/aromatic N) is 3. The van der Waals surface area contributed by atoms with Crippen LogP contribution in [0.5, 0.6) is 5.75 Å². The number of nitrogens with one attached hydrogen (secondary N) is 1. The molecule has 7 heteroatoms. The molecule has 0 radical (unpaired) electrons. The number of rotatable bonds is 2. The molecular weight excluding hydrogens is 276 g/mol. The van der Waals surface area contributed by atoms with Gasteiger partial charge in [0.2, 0.25) is 5.16 Å². The van der Waals surface area contributed by atoms with E-state index in [4.69, 9.17) is 4.42 Å². The first-order valence-electron chi connectivity index (χ1n) is 6.03. The van der Waals surface area contributed by atoms with E-state index in [0.717, 1.165) is 16.5 Å². The minimum atomic E-state index is -0.00800. The normalized spacial score (nSPS) is 16.9. The van der Waals surface area contributed by atoms with Gasteiger partial charge in [-0.2, -0.15) is 0 Å². The Morgan fingerprint density at radius 2 is 2.05 bits per heavy atom. The third-order valence-corrected chi connectivity index (χ3v) is 4.08.